The summed E-state index contributed by atoms with van der Waals surface area (Å²) >= 11 is 0. The van der Waals surface area contributed by atoms with Crippen molar-refractivity contribution in [2.45, 2.75) is 26.7 Å². The van der Waals surface area contributed by atoms with Crippen LogP contribution in [-0.2, 0) is 22.4 Å². The highest BCUT2D eigenvalue weighted by Crippen LogP contribution is 2.39. The third-order valence-electron chi connectivity index (χ3n) is 5.74. The van der Waals surface area contributed by atoms with Crippen LogP contribution in [0.25, 0.3) is 22.3 Å². The van der Waals surface area contributed by atoms with Gasteiger partial charge in [0.25, 0.3) is 0 Å². The number of hydrogen-bond donors (Lipinski definition) is 0. The summed E-state index contributed by atoms with van der Waals surface area (Å²) < 4.78 is 16.2. The van der Waals surface area contributed by atoms with Crippen molar-refractivity contribution in [3.05, 3.63) is 90.0 Å². The molecule has 0 saturated carbocycles. The smallest absolute Gasteiger partial charge is 0.338 e. The number of aryl methyl sites for hydroxylation is 2. The zero-order chi connectivity index (χ0) is 24.4. The summed E-state index contributed by atoms with van der Waals surface area (Å²) in [5.74, 6) is 0.459. The lowest BCUT2D eigenvalue weighted by atomic mass is 9.84. The molecule has 0 radical (unpaired) electrons. The Morgan fingerprint density at radius 1 is 0.706 bits per heavy atom. The van der Waals surface area contributed by atoms with Gasteiger partial charge < -0.3 is 14.2 Å². The van der Waals surface area contributed by atoms with E-state index in [2.05, 4.69) is 31.4 Å². The Kier molecular flexibility index (Phi) is 6.37. The lowest BCUT2D eigenvalue weighted by molar-refractivity contribution is -0.131. The number of hydrogen-bond acceptors (Lipinski definition) is 5. The molecule has 3 aromatic carbocycles. The third kappa shape index (κ3) is 4.64. The van der Waals surface area contributed by atoms with Gasteiger partial charge in [-0.15, -0.1) is 0 Å². The maximum absolute atomic E-state index is 11.9. The van der Waals surface area contributed by atoms with E-state index in [1.54, 1.807) is 27.0 Å². The van der Waals surface area contributed by atoms with Crippen molar-refractivity contribution in [2.24, 2.45) is 0 Å². The summed E-state index contributed by atoms with van der Waals surface area (Å²) in [6.07, 6.45) is 1.73. The molecule has 0 aliphatic heterocycles. The summed E-state index contributed by atoms with van der Waals surface area (Å²) in [5, 5.41) is 0. The molecular weight excluding hydrogens is 428 g/mol. The van der Waals surface area contributed by atoms with Crippen LogP contribution in [0.2, 0.25) is 0 Å². The fourth-order valence-corrected chi connectivity index (χ4v) is 3.93. The van der Waals surface area contributed by atoms with Gasteiger partial charge in [-0.1, -0.05) is 43.5 Å². The van der Waals surface area contributed by atoms with Gasteiger partial charge in [0.2, 0.25) is 0 Å². The highest BCUT2D eigenvalue weighted by atomic mass is 16.6. The first-order valence-electron chi connectivity index (χ1n) is 11.0. The molecule has 5 nitrogen and oxygen atoms in total. The molecule has 1 aliphatic rings. The molecule has 0 N–H and O–H groups in total. The molecule has 0 atom stereocenters. The normalized spacial score (nSPS) is 11.6. The van der Waals surface area contributed by atoms with E-state index < -0.39 is 11.9 Å². The number of carbonyl (C=O) groups is 2. The van der Waals surface area contributed by atoms with Gasteiger partial charge in [-0.05, 0) is 84.3 Å². The number of ether oxygens (including phenoxy) is 3. The topological polar surface area (TPSA) is 61.8 Å². The minimum absolute atomic E-state index is 0.321. The largest absolute Gasteiger partial charge is 0.493 e. The van der Waals surface area contributed by atoms with Gasteiger partial charge in [0, 0.05) is 11.1 Å². The minimum Gasteiger partial charge on any atom is -0.493 e. The highest BCUT2D eigenvalue weighted by molar-refractivity contribution is 5.90. The van der Waals surface area contributed by atoms with E-state index >= 15 is 0 Å². The summed E-state index contributed by atoms with van der Waals surface area (Å²) in [4.78, 5) is 23.7. The maximum atomic E-state index is 11.9. The standard InChI is InChI=1S/C29H26O5/c1-17(2)28(30)33-23-10-12-25-22(15-23)7-6-21-14-19(8-11-24(21)25)20-9-13-26(27(16-20)32-5)34-29(31)18(3)4/h8-16H,1,3,6-7H2,2,4-5H3. The van der Waals surface area contributed by atoms with Crippen molar-refractivity contribution < 1.29 is 23.8 Å². The predicted octanol–water partition coefficient (Wildman–Crippen LogP) is 6.09. The number of carbonyl (C=O) groups excluding carboxylic acids is 2. The van der Waals surface area contributed by atoms with Crippen LogP contribution in [0.4, 0.5) is 0 Å². The van der Waals surface area contributed by atoms with Gasteiger partial charge in [0.1, 0.15) is 5.75 Å². The molecule has 0 saturated heterocycles. The van der Waals surface area contributed by atoms with Crippen LogP contribution in [0.15, 0.2) is 78.9 Å². The number of methoxy groups -OCH3 is 1. The van der Waals surface area contributed by atoms with Crippen LogP contribution < -0.4 is 14.2 Å². The SMILES string of the molecule is C=C(C)C(=O)Oc1ccc2c(c1)CCc1cc(-c3ccc(OC(=O)C(=C)C)c(OC)c3)ccc1-2. The Morgan fingerprint density at radius 2 is 1.26 bits per heavy atom. The van der Waals surface area contributed by atoms with Crippen molar-refractivity contribution in [2.75, 3.05) is 7.11 Å². The Morgan fingerprint density at radius 3 is 1.91 bits per heavy atom. The first-order chi connectivity index (χ1) is 16.3. The second-order valence-corrected chi connectivity index (χ2v) is 8.40. The average molecular weight is 455 g/mol. The van der Waals surface area contributed by atoms with Crippen molar-refractivity contribution in [1.82, 2.24) is 0 Å². The molecule has 0 unspecified atom stereocenters. The molecule has 172 valence electrons. The zero-order valence-electron chi connectivity index (χ0n) is 19.6. The zero-order valence-corrected chi connectivity index (χ0v) is 19.6. The average Bonchev–Trinajstić information content (AvgIpc) is 2.83. The van der Waals surface area contributed by atoms with E-state index in [1.807, 2.05) is 30.3 Å². The molecular formula is C29H26O5. The molecule has 0 spiro atoms. The molecule has 3 aromatic rings. The summed E-state index contributed by atoms with van der Waals surface area (Å²) in [6.45, 7) is 10.5. The Bertz CT molecular complexity index is 1330. The summed E-state index contributed by atoms with van der Waals surface area (Å²) in [7, 11) is 1.54. The van der Waals surface area contributed by atoms with Gasteiger partial charge in [0.15, 0.2) is 11.5 Å². The quantitative estimate of drug-likeness (QED) is 0.256. The van der Waals surface area contributed by atoms with Crippen molar-refractivity contribution >= 4 is 11.9 Å². The Hall–Kier alpha value is -4.12. The Balaban J connectivity index is 1.62. The van der Waals surface area contributed by atoms with Crippen LogP contribution in [-0.4, -0.2) is 19.0 Å². The van der Waals surface area contributed by atoms with E-state index in [-0.39, 0.29) is 0 Å². The predicted molar refractivity (Wildman–Crippen MR) is 132 cm³/mol. The highest BCUT2D eigenvalue weighted by Gasteiger charge is 2.19. The molecule has 4 rings (SSSR count). The van der Waals surface area contributed by atoms with Crippen LogP contribution in [0, 0.1) is 0 Å². The lowest BCUT2D eigenvalue weighted by Gasteiger charge is -2.21. The third-order valence-corrected chi connectivity index (χ3v) is 5.74. The lowest BCUT2D eigenvalue weighted by Crippen LogP contribution is -2.10. The number of esters is 2. The van der Waals surface area contributed by atoms with E-state index in [4.69, 9.17) is 14.2 Å². The number of fused-ring (bicyclic) bond motifs is 3. The Labute approximate surface area is 199 Å². The van der Waals surface area contributed by atoms with Crippen LogP contribution in [0.1, 0.15) is 25.0 Å². The molecule has 0 amide bonds. The van der Waals surface area contributed by atoms with Crippen LogP contribution >= 0.6 is 0 Å². The fourth-order valence-electron chi connectivity index (χ4n) is 3.93. The summed E-state index contributed by atoms with van der Waals surface area (Å²) in [5.41, 5.74) is 7.40. The number of rotatable bonds is 6. The van der Waals surface area contributed by atoms with Crippen molar-refractivity contribution in [3.8, 4) is 39.5 Å². The maximum Gasteiger partial charge on any atom is 0.338 e. The van der Waals surface area contributed by atoms with Crippen LogP contribution in [0.3, 0.4) is 0 Å². The summed E-state index contributed by atoms with van der Waals surface area (Å²) in [6, 6.07) is 17.6. The second kappa shape index (κ2) is 9.40. The number of benzene rings is 3. The fraction of sp³-hybridized carbons (Fsp3) is 0.172. The molecule has 0 heterocycles. The molecule has 5 heteroatoms. The van der Waals surface area contributed by atoms with E-state index in [1.165, 1.54) is 11.1 Å². The van der Waals surface area contributed by atoms with Gasteiger partial charge in [-0.25, -0.2) is 9.59 Å². The van der Waals surface area contributed by atoms with Gasteiger partial charge in [-0.2, -0.15) is 0 Å². The molecule has 34 heavy (non-hydrogen) atoms. The second-order valence-electron chi connectivity index (χ2n) is 8.40. The van der Waals surface area contributed by atoms with E-state index in [0.717, 1.165) is 35.1 Å². The molecule has 1 aliphatic carbocycles. The molecule has 0 aromatic heterocycles. The van der Waals surface area contributed by atoms with Crippen LogP contribution in [0.5, 0.6) is 17.2 Å². The molecule has 0 fully saturated rings. The molecule has 0 bridgehead atoms. The first kappa shape index (κ1) is 23.1. The monoisotopic (exact) mass is 454 g/mol. The van der Waals surface area contributed by atoms with Crippen molar-refractivity contribution in [1.29, 1.82) is 0 Å². The van der Waals surface area contributed by atoms with Gasteiger partial charge in [0.05, 0.1) is 7.11 Å². The van der Waals surface area contributed by atoms with E-state index in [0.29, 0.717) is 28.4 Å². The van der Waals surface area contributed by atoms with E-state index in [9.17, 15) is 9.59 Å². The van der Waals surface area contributed by atoms with Crippen molar-refractivity contribution in [3.63, 3.8) is 0 Å². The van der Waals surface area contributed by atoms with Gasteiger partial charge >= 0.3 is 11.9 Å². The van der Waals surface area contributed by atoms with Gasteiger partial charge in [-0.3, -0.25) is 0 Å². The minimum atomic E-state index is -0.490. The first-order valence-corrected chi connectivity index (χ1v) is 11.0.